The molecule has 0 aliphatic carbocycles. The van der Waals surface area contributed by atoms with E-state index in [1.54, 1.807) is 20.8 Å². The van der Waals surface area contributed by atoms with E-state index in [0.717, 1.165) is 12.8 Å². The third-order valence-electron chi connectivity index (χ3n) is 3.04. The van der Waals surface area contributed by atoms with Crippen molar-refractivity contribution in [2.75, 3.05) is 18.8 Å². The molecule has 0 aromatic rings. The van der Waals surface area contributed by atoms with Gasteiger partial charge in [-0.1, -0.05) is 13.8 Å². The van der Waals surface area contributed by atoms with E-state index in [9.17, 15) is 13.2 Å². The number of ether oxygens (including phenoxy) is 1. The van der Waals surface area contributed by atoms with Crippen molar-refractivity contribution in [3.05, 3.63) is 0 Å². The molecule has 0 spiro atoms. The van der Waals surface area contributed by atoms with Crippen molar-refractivity contribution in [3.63, 3.8) is 0 Å². The Morgan fingerprint density at radius 1 is 1.38 bits per heavy atom. The van der Waals surface area contributed by atoms with Crippen molar-refractivity contribution in [2.45, 2.75) is 59.1 Å². The fourth-order valence-corrected chi connectivity index (χ4v) is 4.18. The van der Waals surface area contributed by atoms with Crippen LogP contribution in [-0.2, 0) is 14.8 Å². The maximum absolute atomic E-state index is 12.2. The van der Waals surface area contributed by atoms with Crippen LogP contribution in [0.4, 0.5) is 4.79 Å². The molecule has 1 atom stereocenters. The molecule has 1 N–H and O–H groups in total. The Morgan fingerprint density at radius 3 is 2.52 bits per heavy atom. The number of amides is 1. The van der Waals surface area contributed by atoms with Crippen molar-refractivity contribution in [3.8, 4) is 0 Å². The summed E-state index contributed by atoms with van der Waals surface area (Å²) in [5.74, 6) is 0.237. The number of hydrogen-bond donors (Lipinski definition) is 1. The number of sulfonamides is 1. The lowest BCUT2D eigenvalue weighted by Crippen LogP contribution is -2.51. The summed E-state index contributed by atoms with van der Waals surface area (Å²) in [7, 11) is -3.25. The number of hydrogen-bond acceptors (Lipinski definition) is 4. The highest BCUT2D eigenvalue weighted by atomic mass is 32.2. The van der Waals surface area contributed by atoms with E-state index in [0.29, 0.717) is 13.1 Å². The summed E-state index contributed by atoms with van der Waals surface area (Å²) >= 11 is 0. The zero-order valence-electron chi connectivity index (χ0n) is 13.7. The van der Waals surface area contributed by atoms with Gasteiger partial charge >= 0.3 is 6.09 Å². The lowest BCUT2D eigenvalue weighted by molar-refractivity contribution is 0.0487. The second kappa shape index (κ2) is 6.96. The highest BCUT2D eigenvalue weighted by Crippen LogP contribution is 2.17. The van der Waals surface area contributed by atoms with Crippen LogP contribution in [0.25, 0.3) is 0 Å². The molecule has 7 heteroatoms. The van der Waals surface area contributed by atoms with Crippen molar-refractivity contribution in [1.82, 2.24) is 9.62 Å². The summed E-state index contributed by atoms with van der Waals surface area (Å²) in [6.07, 6.45) is 1.03. The number of piperidine rings is 1. The largest absolute Gasteiger partial charge is 0.444 e. The van der Waals surface area contributed by atoms with Crippen molar-refractivity contribution < 1.29 is 17.9 Å². The van der Waals surface area contributed by atoms with Gasteiger partial charge in [-0.05, 0) is 39.5 Å². The highest BCUT2D eigenvalue weighted by Gasteiger charge is 2.30. The van der Waals surface area contributed by atoms with Crippen LogP contribution in [0.15, 0.2) is 0 Å². The molecule has 1 amide bonds. The van der Waals surface area contributed by atoms with E-state index in [1.807, 2.05) is 13.8 Å². The molecule has 0 radical (unpaired) electrons. The Balaban J connectivity index is 2.58. The molecule has 1 rings (SSSR count). The van der Waals surface area contributed by atoms with Crippen molar-refractivity contribution >= 4 is 16.1 Å². The summed E-state index contributed by atoms with van der Waals surface area (Å²) in [5.41, 5.74) is -0.553. The molecule has 0 aromatic carbocycles. The number of carbonyl (C=O) groups excluding carboxylic acids is 1. The van der Waals surface area contributed by atoms with Gasteiger partial charge in [0.05, 0.1) is 5.75 Å². The van der Waals surface area contributed by atoms with Crippen LogP contribution in [0.5, 0.6) is 0 Å². The van der Waals surface area contributed by atoms with Gasteiger partial charge < -0.3 is 10.1 Å². The Kier molecular flexibility index (Phi) is 6.04. The normalized spacial score (nSPS) is 21.3. The second-order valence-electron chi connectivity index (χ2n) is 7.02. The standard InChI is InChI=1S/C14H28N2O4S/c1-11(2)10-21(18,19)16-8-6-7-12(9-16)15-13(17)20-14(3,4)5/h11-12H,6-10H2,1-5H3,(H,15,17). The SMILES string of the molecule is CC(C)CS(=O)(=O)N1CCCC(NC(=O)OC(C)(C)C)C1. The Hall–Kier alpha value is -0.820. The minimum Gasteiger partial charge on any atom is -0.444 e. The summed E-state index contributed by atoms with van der Waals surface area (Å²) in [6, 6.07) is -0.185. The molecule has 1 unspecified atom stereocenters. The molecule has 0 aromatic heterocycles. The summed E-state index contributed by atoms with van der Waals surface area (Å²) in [6.45, 7) is 10.0. The maximum Gasteiger partial charge on any atom is 0.407 e. The first-order valence-electron chi connectivity index (χ1n) is 7.47. The molecule has 6 nitrogen and oxygen atoms in total. The average Bonchev–Trinajstić information content (AvgIpc) is 2.24. The second-order valence-corrected chi connectivity index (χ2v) is 9.03. The zero-order valence-corrected chi connectivity index (χ0v) is 14.5. The van der Waals surface area contributed by atoms with Gasteiger partial charge in [0.1, 0.15) is 5.60 Å². The van der Waals surface area contributed by atoms with Gasteiger partial charge in [-0.25, -0.2) is 13.2 Å². The molecular formula is C14H28N2O4S. The minimum atomic E-state index is -3.25. The highest BCUT2D eigenvalue weighted by molar-refractivity contribution is 7.89. The van der Waals surface area contributed by atoms with Crippen LogP contribution in [-0.4, -0.2) is 49.3 Å². The van der Waals surface area contributed by atoms with Crippen LogP contribution in [0, 0.1) is 5.92 Å². The van der Waals surface area contributed by atoms with Gasteiger partial charge in [0, 0.05) is 19.1 Å². The molecule has 0 bridgehead atoms. The van der Waals surface area contributed by atoms with Gasteiger partial charge in [-0.2, -0.15) is 4.31 Å². The molecule has 0 saturated carbocycles. The van der Waals surface area contributed by atoms with Gasteiger partial charge in [-0.15, -0.1) is 0 Å². The first-order valence-corrected chi connectivity index (χ1v) is 9.08. The number of carbonyl (C=O) groups is 1. The molecule has 1 saturated heterocycles. The van der Waals surface area contributed by atoms with Crippen molar-refractivity contribution in [1.29, 1.82) is 0 Å². The Morgan fingerprint density at radius 2 is 2.00 bits per heavy atom. The van der Waals surface area contributed by atoms with Gasteiger partial charge in [-0.3, -0.25) is 0 Å². The van der Waals surface area contributed by atoms with Gasteiger partial charge in [0.25, 0.3) is 0 Å². The molecule has 21 heavy (non-hydrogen) atoms. The van der Waals surface area contributed by atoms with E-state index in [-0.39, 0.29) is 17.7 Å². The number of alkyl carbamates (subject to hydrolysis) is 1. The lowest BCUT2D eigenvalue weighted by Gasteiger charge is -2.33. The van der Waals surface area contributed by atoms with E-state index in [2.05, 4.69) is 5.32 Å². The number of rotatable bonds is 4. The van der Waals surface area contributed by atoms with E-state index < -0.39 is 21.7 Å². The average molecular weight is 320 g/mol. The third-order valence-corrected chi connectivity index (χ3v) is 5.25. The fourth-order valence-electron chi connectivity index (χ4n) is 2.31. The van der Waals surface area contributed by atoms with E-state index in [1.165, 1.54) is 4.31 Å². The minimum absolute atomic E-state index is 0.0918. The molecular weight excluding hydrogens is 292 g/mol. The van der Waals surface area contributed by atoms with E-state index >= 15 is 0 Å². The van der Waals surface area contributed by atoms with Crippen molar-refractivity contribution in [2.24, 2.45) is 5.92 Å². The summed E-state index contributed by atoms with van der Waals surface area (Å²) in [4.78, 5) is 11.8. The third kappa shape index (κ3) is 6.65. The maximum atomic E-state index is 12.2. The van der Waals surface area contributed by atoms with Crippen LogP contribution < -0.4 is 5.32 Å². The molecule has 124 valence electrons. The lowest BCUT2D eigenvalue weighted by atomic mass is 10.1. The van der Waals surface area contributed by atoms with Gasteiger partial charge in [0.15, 0.2) is 0 Å². The van der Waals surface area contributed by atoms with Crippen LogP contribution in [0.3, 0.4) is 0 Å². The van der Waals surface area contributed by atoms with Gasteiger partial charge in [0.2, 0.25) is 10.0 Å². The predicted molar refractivity (Wildman–Crippen MR) is 82.6 cm³/mol. The number of nitrogens with one attached hydrogen (secondary N) is 1. The summed E-state index contributed by atoms with van der Waals surface area (Å²) < 4.78 is 31.2. The summed E-state index contributed by atoms with van der Waals surface area (Å²) in [5, 5.41) is 2.76. The topological polar surface area (TPSA) is 75.7 Å². The molecule has 1 aliphatic heterocycles. The quantitative estimate of drug-likeness (QED) is 0.859. The smallest absolute Gasteiger partial charge is 0.407 e. The molecule has 1 aliphatic rings. The number of nitrogens with zero attached hydrogens (tertiary/aromatic N) is 1. The Bertz CT molecular complexity index is 454. The fraction of sp³-hybridized carbons (Fsp3) is 0.929. The monoisotopic (exact) mass is 320 g/mol. The van der Waals surface area contributed by atoms with Crippen LogP contribution >= 0.6 is 0 Å². The predicted octanol–water partition coefficient (Wildman–Crippen LogP) is 1.96. The van der Waals surface area contributed by atoms with Crippen LogP contribution in [0.1, 0.15) is 47.5 Å². The molecule has 1 heterocycles. The zero-order chi connectivity index (χ0) is 16.3. The first kappa shape index (κ1) is 18.2. The van der Waals surface area contributed by atoms with Crippen LogP contribution in [0.2, 0.25) is 0 Å². The van der Waals surface area contributed by atoms with E-state index in [4.69, 9.17) is 4.74 Å². The first-order chi connectivity index (χ1) is 9.49. The Labute approximate surface area is 128 Å². The molecule has 1 fully saturated rings.